The van der Waals surface area contributed by atoms with Gasteiger partial charge in [-0.25, -0.2) is 9.80 Å². The molecule has 1 aliphatic rings. The summed E-state index contributed by atoms with van der Waals surface area (Å²) in [6.45, 7) is -0.590. The van der Waals surface area contributed by atoms with Crippen LogP contribution in [0.25, 0.3) is 16.8 Å². The highest BCUT2D eigenvalue weighted by Crippen LogP contribution is 2.34. The van der Waals surface area contributed by atoms with Gasteiger partial charge in [-0.2, -0.15) is 18.3 Å². The monoisotopic (exact) mass is 558 g/mol. The molecule has 5 rings (SSSR count). The van der Waals surface area contributed by atoms with Crippen molar-refractivity contribution in [3.63, 3.8) is 0 Å². The van der Waals surface area contributed by atoms with E-state index >= 15 is 0 Å². The molecule has 1 heterocycles. The minimum absolute atomic E-state index is 0.173. The van der Waals surface area contributed by atoms with Crippen LogP contribution in [0.2, 0.25) is 0 Å². The highest BCUT2D eigenvalue weighted by atomic mass is 19.4. The lowest BCUT2D eigenvalue weighted by Gasteiger charge is -2.22. The maximum absolute atomic E-state index is 13.2. The molecule has 6 nitrogen and oxygen atoms in total. The second-order valence-electron chi connectivity index (χ2n) is 9.40. The van der Waals surface area contributed by atoms with Crippen LogP contribution >= 0.6 is 0 Å². The molecular formula is C32H25F3N2O4. The molecule has 0 bridgehead atoms. The van der Waals surface area contributed by atoms with Gasteiger partial charge in [0.15, 0.2) is 6.61 Å². The number of methoxy groups -OCH3 is 1. The van der Waals surface area contributed by atoms with Crippen molar-refractivity contribution in [3.05, 3.63) is 119 Å². The second kappa shape index (κ2) is 11.7. The largest absolute Gasteiger partial charge is 0.497 e. The van der Waals surface area contributed by atoms with E-state index < -0.39 is 36.3 Å². The Morgan fingerprint density at radius 1 is 0.951 bits per heavy atom. The summed E-state index contributed by atoms with van der Waals surface area (Å²) in [4.78, 5) is 25.5. The zero-order chi connectivity index (χ0) is 29.0. The number of fused-ring (bicyclic) bond motifs is 1. The number of carbonyl (C=O) groups excluding carboxylic acids is 2. The third-order valence-corrected chi connectivity index (χ3v) is 6.71. The Bertz CT molecular complexity index is 1650. The van der Waals surface area contributed by atoms with Crippen LogP contribution in [0.15, 0.2) is 102 Å². The van der Waals surface area contributed by atoms with E-state index in [-0.39, 0.29) is 5.56 Å². The number of amides is 1. The van der Waals surface area contributed by atoms with Gasteiger partial charge in [-0.1, -0.05) is 60.7 Å². The smallest absolute Gasteiger partial charge is 0.416 e. The van der Waals surface area contributed by atoms with Crippen molar-refractivity contribution < 1.29 is 32.2 Å². The normalized spacial score (nSPS) is 15.3. The summed E-state index contributed by atoms with van der Waals surface area (Å²) < 4.78 is 49.2. The molecule has 0 N–H and O–H groups in total. The zero-order valence-electron chi connectivity index (χ0n) is 22.0. The molecule has 1 amide bonds. The van der Waals surface area contributed by atoms with E-state index in [0.717, 1.165) is 40.1 Å². The Labute approximate surface area is 234 Å². The molecule has 9 heteroatoms. The molecule has 0 radical (unpaired) electrons. The highest BCUT2D eigenvalue weighted by Gasteiger charge is 2.34. The van der Waals surface area contributed by atoms with Crippen molar-refractivity contribution in [2.75, 3.05) is 13.7 Å². The number of ether oxygens (including phenoxy) is 2. The van der Waals surface area contributed by atoms with Crippen LogP contribution in [0, 0.1) is 0 Å². The molecule has 1 atom stereocenters. The third-order valence-electron chi connectivity index (χ3n) is 6.71. The van der Waals surface area contributed by atoms with E-state index in [1.807, 2.05) is 54.6 Å². The number of carbonyl (C=O) groups is 2. The molecule has 41 heavy (non-hydrogen) atoms. The maximum atomic E-state index is 13.2. The predicted octanol–water partition coefficient (Wildman–Crippen LogP) is 6.80. The number of hydrogen-bond acceptors (Lipinski definition) is 5. The van der Waals surface area contributed by atoms with Crippen LogP contribution in [0.1, 0.15) is 34.7 Å². The topological polar surface area (TPSA) is 68.2 Å². The molecule has 0 saturated carbocycles. The van der Waals surface area contributed by atoms with Crippen LogP contribution in [-0.2, 0) is 20.5 Å². The number of halogens is 3. The van der Waals surface area contributed by atoms with E-state index in [9.17, 15) is 22.8 Å². The third kappa shape index (κ3) is 6.46. The van der Waals surface area contributed by atoms with Gasteiger partial charge < -0.3 is 9.47 Å². The van der Waals surface area contributed by atoms with Crippen LogP contribution in [0.4, 0.5) is 13.2 Å². The van der Waals surface area contributed by atoms with Gasteiger partial charge in [-0.15, -0.1) is 0 Å². The SMILES string of the molecule is COc1ccc(C2CC(c3ccc4ccccc4c3)=NN2C(=O)COC(=O)C=Cc2cccc(C(F)(F)F)c2)cc1. The average Bonchev–Trinajstić information content (AvgIpc) is 3.44. The number of hydrazone groups is 1. The molecule has 0 fully saturated rings. The maximum Gasteiger partial charge on any atom is 0.416 e. The summed E-state index contributed by atoms with van der Waals surface area (Å²) in [6.07, 6.45) is -1.87. The summed E-state index contributed by atoms with van der Waals surface area (Å²) in [5.74, 6) is -0.737. The van der Waals surface area contributed by atoms with E-state index in [4.69, 9.17) is 9.47 Å². The van der Waals surface area contributed by atoms with Crippen molar-refractivity contribution >= 4 is 34.4 Å². The molecule has 4 aromatic carbocycles. The van der Waals surface area contributed by atoms with Crippen LogP contribution in [-0.4, -0.2) is 36.3 Å². The Morgan fingerprint density at radius 2 is 1.71 bits per heavy atom. The van der Waals surface area contributed by atoms with Gasteiger partial charge in [-0.3, -0.25) is 4.79 Å². The van der Waals surface area contributed by atoms with Gasteiger partial charge in [0.2, 0.25) is 0 Å². The highest BCUT2D eigenvalue weighted by molar-refractivity contribution is 6.05. The van der Waals surface area contributed by atoms with Crippen LogP contribution < -0.4 is 4.74 Å². The standard InChI is InChI=1S/C32H25F3N2O4/c1-40-27-14-12-23(13-15-27)29-19-28(25-11-10-22-6-2-3-7-24(22)18-25)36-37(29)30(38)20-41-31(39)16-9-21-5-4-8-26(17-21)32(33,34)35/h2-18,29H,19-20H2,1H3. The van der Waals surface area contributed by atoms with E-state index in [0.29, 0.717) is 17.9 Å². The summed E-state index contributed by atoms with van der Waals surface area (Å²) in [5.41, 5.74) is 1.75. The molecule has 1 unspecified atom stereocenters. The Morgan fingerprint density at radius 3 is 2.44 bits per heavy atom. The first-order chi connectivity index (χ1) is 19.7. The van der Waals surface area contributed by atoms with Gasteiger partial charge in [0, 0.05) is 12.5 Å². The first-order valence-corrected chi connectivity index (χ1v) is 12.8. The lowest BCUT2D eigenvalue weighted by molar-refractivity contribution is -0.149. The van der Waals surface area contributed by atoms with Crippen molar-refractivity contribution in [3.8, 4) is 5.75 Å². The zero-order valence-corrected chi connectivity index (χ0v) is 22.0. The minimum atomic E-state index is -4.50. The lowest BCUT2D eigenvalue weighted by Crippen LogP contribution is -2.31. The summed E-state index contributed by atoms with van der Waals surface area (Å²) in [7, 11) is 1.57. The molecule has 0 aliphatic carbocycles. The Hall–Kier alpha value is -4.92. The van der Waals surface area contributed by atoms with Crippen molar-refractivity contribution in [2.45, 2.75) is 18.6 Å². The van der Waals surface area contributed by atoms with E-state index in [1.165, 1.54) is 23.2 Å². The predicted molar refractivity (Wildman–Crippen MR) is 149 cm³/mol. The van der Waals surface area contributed by atoms with Gasteiger partial charge >= 0.3 is 12.1 Å². The summed E-state index contributed by atoms with van der Waals surface area (Å²) >= 11 is 0. The van der Waals surface area contributed by atoms with Crippen molar-refractivity contribution in [1.29, 1.82) is 0 Å². The Balaban J connectivity index is 1.33. The van der Waals surface area contributed by atoms with Crippen LogP contribution in [0.5, 0.6) is 5.75 Å². The number of rotatable bonds is 7. The van der Waals surface area contributed by atoms with E-state index in [2.05, 4.69) is 5.10 Å². The summed E-state index contributed by atoms with van der Waals surface area (Å²) in [6, 6.07) is 25.3. The number of alkyl halides is 3. The van der Waals surface area contributed by atoms with Gasteiger partial charge in [0.25, 0.3) is 5.91 Å². The molecule has 208 valence electrons. The van der Waals surface area contributed by atoms with Gasteiger partial charge in [-0.05, 0) is 63.9 Å². The summed E-state index contributed by atoms with van der Waals surface area (Å²) in [5, 5.41) is 8.06. The molecule has 0 saturated heterocycles. The second-order valence-corrected chi connectivity index (χ2v) is 9.40. The number of benzene rings is 4. The lowest BCUT2D eigenvalue weighted by atomic mass is 9.97. The fourth-order valence-corrected chi connectivity index (χ4v) is 4.60. The minimum Gasteiger partial charge on any atom is -0.497 e. The van der Waals surface area contributed by atoms with E-state index in [1.54, 1.807) is 19.2 Å². The molecule has 4 aromatic rings. The first-order valence-electron chi connectivity index (χ1n) is 12.8. The van der Waals surface area contributed by atoms with Crippen molar-refractivity contribution in [2.24, 2.45) is 5.10 Å². The fraction of sp³-hybridized carbons (Fsp3) is 0.156. The molecule has 0 spiro atoms. The number of hydrogen-bond donors (Lipinski definition) is 0. The number of esters is 1. The average molecular weight is 559 g/mol. The molecular weight excluding hydrogens is 533 g/mol. The molecule has 1 aliphatic heterocycles. The number of nitrogens with zero attached hydrogens (tertiary/aromatic N) is 2. The fourth-order valence-electron chi connectivity index (χ4n) is 4.60. The van der Waals surface area contributed by atoms with Gasteiger partial charge in [0.1, 0.15) is 5.75 Å². The van der Waals surface area contributed by atoms with Gasteiger partial charge in [0.05, 0.1) is 24.4 Å². The Kier molecular flexibility index (Phi) is 7.87. The van der Waals surface area contributed by atoms with Crippen molar-refractivity contribution in [1.82, 2.24) is 5.01 Å². The quantitative estimate of drug-likeness (QED) is 0.185. The molecule has 0 aromatic heterocycles. The van der Waals surface area contributed by atoms with Crippen LogP contribution in [0.3, 0.4) is 0 Å². The first kappa shape index (κ1) is 27.6.